The lowest BCUT2D eigenvalue weighted by Gasteiger charge is -2.35. The molecule has 1 amide bonds. The van der Waals surface area contributed by atoms with Gasteiger partial charge in [0.1, 0.15) is 0 Å². The molecule has 3 heterocycles. The number of pyridine rings is 1. The zero-order valence-electron chi connectivity index (χ0n) is 19.9. The number of nitrogens with zero attached hydrogens (tertiary/aromatic N) is 4. The fourth-order valence-electron chi connectivity index (χ4n) is 5.11. The van der Waals surface area contributed by atoms with E-state index in [4.69, 9.17) is 4.99 Å². The van der Waals surface area contributed by atoms with Crippen molar-refractivity contribution >= 4 is 34.6 Å². The van der Waals surface area contributed by atoms with Crippen molar-refractivity contribution in [1.29, 1.82) is 0 Å². The Morgan fingerprint density at radius 1 is 1.09 bits per heavy atom. The monoisotopic (exact) mass is 470 g/mol. The number of rotatable bonds is 4. The van der Waals surface area contributed by atoms with E-state index in [-0.39, 0.29) is 11.9 Å². The number of aromatic nitrogens is 2. The van der Waals surface area contributed by atoms with Gasteiger partial charge in [-0.15, -0.1) is 0 Å². The first-order valence-corrected chi connectivity index (χ1v) is 12.8. The first-order valence-electron chi connectivity index (χ1n) is 12.0. The number of carbonyl (C=O) groups excluding carboxylic acids is 1. The maximum atomic E-state index is 13.8. The van der Waals surface area contributed by atoms with Crippen molar-refractivity contribution in [2.24, 2.45) is 10.9 Å². The van der Waals surface area contributed by atoms with Gasteiger partial charge in [0.15, 0.2) is 5.17 Å². The van der Waals surface area contributed by atoms with Crippen LogP contribution < -0.4 is 0 Å². The van der Waals surface area contributed by atoms with Gasteiger partial charge >= 0.3 is 0 Å². The number of aryl methyl sites for hydroxylation is 1. The SMILES string of the molecule is Cc1cc(/C=C2\SC(=Nc3ccccc3)N([C@H]3CCCC[C@H]3C)C2=O)c(C)n1-c1cccnc1. The van der Waals surface area contributed by atoms with Crippen LogP contribution in [0.2, 0.25) is 0 Å². The summed E-state index contributed by atoms with van der Waals surface area (Å²) in [7, 11) is 0. The van der Waals surface area contributed by atoms with E-state index < -0.39 is 0 Å². The summed E-state index contributed by atoms with van der Waals surface area (Å²) in [6.45, 7) is 6.45. The Bertz CT molecular complexity index is 1250. The summed E-state index contributed by atoms with van der Waals surface area (Å²) in [5, 5.41) is 0.794. The number of thioether (sulfide) groups is 1. The van der Waals surface area contributed by atoms with Gasteiger partial charge in [-0.05, 0) is 86.3 Å². The van der Waals surface area contributed by atoms with Crippen molar-refractivity contribution in [3.63, 3.8) is 0 Å². The van der Waals surface area contributed by atoms with Gasteiger partial charge in [-0.3, -0.25) is 14.7 Å². The number of amides is 1. The quantitative estimate of drug-likeness (QED) is 0.400. The van der Waals surface area contributed by atoms with Crippen LogP contribution in [0.5, 0.6) is 0 Å². The lowest BCUT2D eigenvalue weighted by atomic mass is 9.85. The van der Waals surface area contributed by atoms with Crippen molar-refractivity contribution in [2.75, 3.05) is 0 Å². The molecule has 2 aliphatic rings. The highest BCUT2D eigenvalue weighted by atomic mass is 32.2. The van der Waals surface area contributed by atoms with E-state index >= 15 is 0 Å². The van der Waals surface area contributed by atoms with Crippen LogP contribution in [0.4, 0.5) is 5.69 Å². The summed E-state index contributed by atoms with van der Waals surface area (Å²) < 4.78 is 2.18. The molecule has 2 aromatic heterocycles. The molecule has 1 saturated heterocycles. The highest BCUT2D eigenvalue weighted by Gasteiger charge is 2.41. The van der Waals surface area contributed by atoms with E-state index in [0.717, 1.165) is 57.7 Å². The van der Waals surface area contributed by atoms with Crippen molar-refractivity contribution < 1.29 is 4.79 Å². The van der Waals surface area contributed by atoms with Gasteiger partial charge in [0.2, 0.25) is 0 Å². The van der Waals surface area contributed by atoms with Crippen molar-refractivity contribution in [3.05, 3.63) is 82.8 Å². The molecular weight excluding hydrogens is 440 g/mol. The average Bonchev–Trinajstić information content (AvgIpc) is 3.30. The molecule has 1 aliphatic heterocycles. The molecule has 0 radical (unpaired) electrons. The van der Waals surface area contributed by atoms with E-state index in [1.165, 1.54) is 18.2 Å². The van der Waals surface area contributed by atoms with Gasteiger partial charge in [-0.25, -0.2) is 4.99 Å². The Hall–Kier alpha value is -3.12. The molecule has 0 unspecified atom stereocenters. The molecule has 1 saturated carbocycles. The molecule has 1 aliphatic carbocycles. The van der Waals surface area contributed by atoms with Crippen LogP contribution >= 0.6 is 11.8 Å². The zero-order chi connectivity index (χ0) is 23.7. The highest BCUT2D eigenvalue weighted by molar-refractivity contribution is 8.18. The largest absolute Gasteiger partial charge is 0.316 e. The van der Waals surface area contributed by atoms with Gasteiger partial charge < -0.3 is 4.57 Å². The second kappa shape index (κ2) is 9.63. The number of benzene rings is 1. The third-order valence-corrected chi connectivity index (χ3v) is 7.86. The van der Waals surface area contributed by atoms with Crippen molar-refractivity contribution in [1.82, 2.24) is 14.5 Å². The van der Waals surface area contributed by atoms with Crippen LogP contribution in [-0.4, -0.2) is 31.6 Å². The predicted molar refractivity (Wildman–Crippen MR) is 140 cm³/mol. The third-order valence-electron chi connectivity index (χ3n) is 6.88. The minimum atomic E-state index is 0.0737. The predicted octanol–water partition coefficient (Wildman–Crippen LogP) is 6.67. The Kier molecular flexibility index (Phi) is 6.42. The van der Waals surface area contributed by atoms with Gasteiger partial charge in [0.25, 0.3) is 5.91 Å². The average molecular weight is 471 g/mol. The number of carbonyl (C=O) groups is 1. The summed E-state index contributed by atoms with van der Waals surface area (Å²) in [5.74, 6) is 0.541. The van der Waals surface area contributed by atoms with Crippen LogP contribution in [0.15, 0.2) is 70.8 Å². The van der Waals surface area contributed by atoms with E-state index in [1.807, 2.05) is 53.6 Å². The molecule has 2 fully saturated rings. The zero-order valence-corrected chi connectivity index (χ0v) is 20.8. The molecule has 3 aromatic rings. The summed E-state index contributed by atoms with van der Waals surface area (Å²) in [6, 6.07) is 16.3. The van der Waals surface area contributed by atoms with Crippen LogP contribution in [-0.2, 0) is 4.79 Å². The number of aliphatic imine (C=N–C) groups is 1. The summed E-state index contributed by atoms with van der Waals surface area (Å²) >= 11 is 1.50. The number of para-hydroxylation sites is 1. The normalized spacial score (nSPS) is 23.3. The fraction of sp³-hybridized carbons (Fsp3) is 0.321. The lowest BCUT2D eigenvalue weighted by molar-refractivity contribution is -0.124. The molecule has 0 spiro atoms. The van der Waals surface area contributed by atoms with Gasteiger partial charge in [-0.1, -0.05) is 38.0 Å². The fourth-order valence-corrected chi connectivity index (χ4v) is 6.14. The molecule has 0 bridgehead atoms. The van der Waals surface area contributed by atoms with Crippen LogP contribution in [0.1, 0.15) is 49.6 Å². The molecule has 6 heteroatoms. The second-order valence-electron chi connectivity index (χ2n) is 9.22. The topological polar surface area (TPSA) is 50.5 Å². The molecule has 174 valence electrons. The minimum Gasteiger partial charge on any atom is -0.316 e. The lowest BCUT2D eigenvalue weighted by Crippen LogP contribution is -2.44. The standard InChI is InChI=1S/C28H30N4OS/c1-19-10-7-8-14-25(19)32-27(33)26(34-28(32)30-23-11-5-4-6-12-23)17-22-16-20(2)31(21(22)3)24-13-9-15-29-18-24/h4-6,9,11-13,15-19,25H,7-8,10,14H2,1-3H3/b26-17-,30-28?/t19-,25+/m1/s1. The molecule has 5 rings (SSSR count). The molecule has 34 heavy (non-hydrogen) atoms. The van der Waals surface area contributed by atoms with E-state index in [0.29, 0.717) is 5.92 Å². The molecule has 1 aromatic carbocycles. The Morgan fingerprint density at radius 2 is 1.88 bits per heavy atom. The van der Waals surface area contributed by atoms with Crippen LogP contribution in [0.3, 0.4) is 0 Å². The van der Waals surface area contributed by atoms with Gasteiger partial charge in [0.05, 0.1) is 22.5 Å². The molecule has 0 N–H and O–H groups in total. The molecule has 2 atom stereocenters. The Balaban J connectivity index is 1.54. The minimum absolute atomic E-state index is 0.0737. The Morgan fingerprint density at radius 3 is 2.62 bits per heavy atom. The van der Waals surface area contributed by atoms with Crippen molar-refractivity contribution in [3.8, 4) is 5.69 Å². The Labute approximate surface area is 205 Å². The van der Waals surface area contributed by atoms with E-state index in [1.54, 1.807) is 6.20 Å². The number of amidine groups is 1. The van der Waals surface area contributed by atoms with E-state index in [2.05, 4.69) is 42.5 Å². The smallest absolute Gasteiger partial charge is 0.267 e. The highest BCUT2D eigenvalue weighted by Crippen LogP contribution is 2.40. The molecular formula is C28H30N4OS. The second-order valence-corrected chi connectivity index (χ2v) is 10.2. The number of hydrogen-bond acceptors (Lipinski definition) is 4. The maximum Gasteiger partial charge on any atom is 0.267 e. The van der Waals surface area contributed by atoms with E-state index in [9.17, 15) is 4.79 Å². The first-order chi connectivity index (χ1) is 16.5. The summed E-state index contributed by atoms with van der Waals surface area (Å²) in [5.41, 5.74) is 5.16. The summed E-state index contributed by atoms with van der Waals surface area (Å²) in [4.78, 5) is 25.7. The summed E-state index contributed by atoms with van der Waals surface area (Å²) in [6.07, 6.45) is 10.3. The van der Waals surface area contributed by atoms with Crippen molar-refractivity contribution in [2.45, 2.75) is 52.5 Å². The third kappa shape index (κ3) is 4.34. The van der Waals surface area contributed by atoms with Crippen LogP contribution in [0, 0.1) is 19.8 Å². The van der Waals surface area contributed by atoms with Crippen LogP contribution in [0.25, 0.3) is 11.8 Å². The van der Waals surface area contributed by atoms with Gasteiger partial charge in [0, 0.05) is 23.6 Å². The van der Waals surface area contributed by atoms with Gasteiger partial charge in [-0.2, -0.15) is 0 Å². The first kappa shape index (κ1) is 22.7. The maximum absolute atomic E-state index is 13.8. The number of hydrogen-bond donors (Lipinski definition) is 0. The molecule has 5 nitrogen and oxygen atoms in total.